The summed E-state index contributed by atoms with van der Waals surface area (Å²) in [5, 5.41) is 0. The van der Waals surface area contributed by atoms with Crippen LogP contribution in [0.2, 0.25) is 0 Å². The number of likely N-dealkylation sites (tertiary alicyclic amines) is 1. The Bertz CT molecular complexity index is 158. The Morgan fingerprint density at radius 3 is 2.79 bits per heavy atom. The van der Waals surface area contributed by atoms with Crippen molar-refractivity contribution in [2.75, 3.05) is 13.1 Å². The minimum Gasteiger partial charge on any atom is -0.327 e. The molecule has 2 nitrogen and oxygen atoms in total. The van der Waals surface area contributed by atoms with E-state index in [0.29, 0.717) is 6.04 Å². The van der Waals surface area contributed by atoms with Crippen LogP contribution in [0.25, 0.3) is 0 Å². The molecule has 84 valence electrons. The summed E-state index contributed by atoms with van der Waals surface area (Å²) >= 11 is 0. The summed E-state index contributed by atoms with van der Waals surface area (Å²) in [7, 11) is 0. The molecule has 0 aliphatic carbocycles. The SMILES string of the molecule is CCCC(C)CN1CC(N)CCC1C. The fourth-order valence-electron chi connectivity index (χ4n) is 2.45. The first-order valence-corrected chi connectivity index (χ1v) is 6.13. The lowest BCUT2D eigenvalue weighted by atomic mass is 9.97. The van der Waals surface area contributed by atoms with Gasteiger partial charge in [0.15, 0.2) is 0 Å². The molecule has 0 aromatic heterocycles. The van der Waals surface area contributed by atoms with Crippen LogP contribution in [0.4, 0.5) is 0 Å². The van der Waals surface area contributed by atoms with Crippen molar-refractivity contribution in [3.8, 4) is 0 Å². The molecule has 14 heavy (non-hydrogen) atoms. The van der Waals surface area contributed by atoms with Crippen molar-refractivity contribution in [1.82, 2.24) is 4.90 Å². The third-order valence-corrected chi connectivity index (χ3v) is 3.38. The zero-order valence-corrected chi connectivity index (χ0v) is 10.00. The van der Waals surface area contributed by atoms with E-state index in [-0.39, 0.29) is 0 Å². The molecule has 1 aliphatic rings. The maximum absolute atomic E-state index is 6.00. The molecular formula is C12H26N2. The Morgan fingerprint density at radius 1 is 1.43 bits per heavy atom. The highest BCUT2D eigenvalue weighted by Crippen LogP contribution is 2.18. The van der Waals surface area contributed by atoms with Crippen LogP contribution in [0.5, 0.6) is 0 Å². The van der Waals surface area contributed by atoms with Gasteiger partial charge in [0, 0.05) is 25.2 Å². The lowest BCUT2D eigenvalue weighted by Crippen LogP contribution is -2.48. The van der Waals surface area contributed by atoms with Crippen molar-refractivity contribution in [1.29, 1.82) is 0 Å². The van der Waals surface area contributed by atoms with Crippen LogP contribution in [0.3, 0.4) is 0 Å². The van der Waals surface area contributed by atoms with Gasteiger partial charge in [0.1, 0.15) is 0 Å². The summed E-state index contributed by atoms with van der Waals surface area (Å²) in [6.45, 7) is 9.31. The van der Waals surface area contributed by atoms with Crippen LogP contribution in [0.15, 0.2) is 0 Å². The van der Waals surface area contributed by atoms with Crippen molar-refractivity contribution in [2.45, 2.75) is 58.5 Å². The van der Waals surface area contributed by atoms with Crippen LogP contribution >= 0.6 is 0 Å². The van der Waals surface area contributed by atoms with Crippen LogP contribution < -0.4 is 5.73 Å². The summed E-state index contributed by atoms with van der Waals surface area (Å²) in [4.78, 5) is 2.58. The third-order valence-electron chi connectivity index (χ3n) is 3.38. The van der Waals surface area contributed by atoms with E-state index in [4.69, 9.17) is 5.73 Å². The maximum atomic E-state index is 6.00. The normalized spacial score (nSPS) is 31.7. The van der Waals surface area contributed by atoms with Crippen molar-refractivity contribution in [3.63, 3.8) is 0 Å². The van der Waals surface area contributed by atoms with Gasteiger partial charge in [-0.2, -0.15) is 0 Å². The van der Waals surface area contributed by atoms with Gasteiger partial charge in [-0.05, 0) is 32.1 Å². The molecule has 0 saturated carbocycles. The van der Waals surface area contributed by atoms with E-state index in [2.05, 4.69) is 25.7 Å². The Morgan fingerprint density at radius 2 is 2.14 bits per heavy atom. The van der Waals surface area contributed by atoms with Gasteiger partial charge in [0.2, 0.25) is 0 Å². The van der Waals surface area contributed by atoms with Crippen LogP contribution in [0, 0.1) is 5.92 Å². The topological polar surface area (TPSA) is 29.3 Å². The highest BCUT2D eigenvalue weighted by atomic mass is 15.2. The van der Waals surface area contributed by atoms with E-state index in [1.165, 1.54) is 32.2 Å². The standard InChI is InChI=1S/C12H26N2/c1-4-5-10(2)8-14-9-12(13)7-6-11(14)3/h10-12H,4-9,13H2,1-3H3. The van der Waals surface area contributed by atoms with Gasteiger partial charge < -0.3 is 5.73 Å². The second-order valence-electron chi connectivity index (χ2n) is 5.03. The van der Waals surface area contributed by atoms with Gasteiger partial charge in [-0.15, -0.1) is 0 Å². The third kappa shape index (κ3) is 3.58. The van der Waals surface area contributed by atoms with Crippen LogP contribution in [-0.4, -0.2) is 30.1 Å². The molecule has 1 aliphatic heterocycles. The molecule has 1 saturated heterocycles. The van der Waals surface area contributed by atoms with Crippen LogP contribution in [0.1, 0.15) is 46.5 Å². The second-order valence-corrected chi connectivity index (χ2v) is 5.03. The van der Waals surface area contributed by atoms with Crippen molar-refractivity contribution >= 4 is 0 Å². The molecule has 0 aromatic carbocycles. The van der Waals surface area contributed by atoms with Gasteiger partial charge in [-0.3, -0.25) is 4.90 Å². The van der Waals surface area contributed by atoms with Gasteiger partial charge >= 0.3 is 0 Å². The number of hydrogen-bond acceptors (Lipinski definition) is 2. The number of nitrogens with two attached hydrogens (primary N) is 1. The van der Waals surface area contributed by atoms with Crippen molar-refractivity contribution < 1.29 is 0 Å². The maximum Gasteiger partial charge on any atom is 0.0168 e. The van der Waals surface area contributed by atoms with E-state index < -0.39 is 0 Å². The molecule has 1 fully saturated rings. The first kappa shape index (κ1) is 12.0. The zero-order chi connectivity index (χ0) is 10.6. The predicted octanol–water partition coefficient (Wildman–Crippen LogP) is 2.23. The van der Waals surface area contributed by atoms with Crippen molar-refractivity contribution in [2.24, 2.45) is 11.7 Å². The monoisotopic (exact) mass is 198 g/mol. The second kappa shape index (κ2) is 5.72. The average molecular weight is 198 g/mol. The van der Waals surface area contributed by atoms with E-state index in [1.54, 1.807) is 0 Å². The summed E-state index contributed by atoms with van der Waals surface area (Å²) in [6, 6.07) is 1.16. The Labute approximate surface area is 88.8 Å². The molecule has 0 amide bonds. The van der Waals surface area contributed by atoms with E-state index >= 15 is 0 Å². The van der Waals surface area contributed by atoms with Gasteiger partial charge in [0.05, 0.1) is 0 Å². The summed E-state index contributed by atoms with van der Waals surface area (Å²) in [5.74, 6) is 0.827. The largest absolute Gasteiger partial charge is 0.327 e. The van der Waals surface area contributed by atoms with Crippen LogP contribution in [-0.2, 0) is 0 Å². The first-order valence-electron chi connectivity index (χ1n) is 6.13. The molecule has 2 heteroatoms. The molecule has 0 bridgehead atoms. The molecule has 0 radical (unpaired) electrons. The van der Waals surface area contributed by atoms with Crippen molar-refractivity contribution in [3.05, 3.63) is 0 Å². The number of hydrogen-bond donors (Lipinski definition) is 1. The molecule has 2 N–H and O–H groups in total. The summed E-state index contributed by atoms with van der Waals surface area (Å²) in [5.41, 5.74) is 6.00. The van der Waals surface area contributed by atoms with Gasteiger partial charge in [0.25, 0.3) is 0 Å². The Hall–Kier alpha value is -0.0800. The number of rotatable bonds is 4. The van der Waals surface area contributed by atoms with Gasteiger partial charge in [-0.1, -0.05) is 20.3 Å². The fraction of sp³-hybridized carbons (Fsp3) is 1.00. The van der Waals surface area contributed by atoms with Gasteiger partial charge in [-0.25, -0.2) is 0 Å². The molecule has 3 atom stereocenters. The lowest BCUT2D eigenvalue weighted by molar-refractivity contribution is 0.124. The summed E-state index contributed by atoms with van der Waals surface area (Å²) < 4.78 is 0. The highest BCUT2D eigenvalue weighted by Gasteiger charge is 2.23. The highest BCUT2D eigenvalue weighted by molar-refractivity contribution is 4.81. The Balaban J connectivity index is 2.33. The van der Waals surface area contributed by atoms with E-state index in [9.17, 15) is 0 Å². The lowest BCUT2D eigenvalue weighted by Gasteiger charge is -2.38. The molecule has 1 rings (SSSR count). The van der Waals surface area contributed by atoms with E-state index in [0.717, 1.165) is 18.5 Å². The predicted molar refractivity (Wildman–Crippen MR) is 62.3 cm³/mol. The smallest absolute Gasteiger partial charge is 0.0168 e. The molecule has 0 spiro atoms. The number of nitrogens with zero attached hydrogens (tertiary/aromatic N) is 1. The minimum atomic E-state index is 0.417. The molecule has 1 heterocycles. The molecule has 0 aromatic rings. The molecule has 3 unspecified atom stereocenters. The van der Waals surface area contributed by atoms with E-state index in [1.807, 2.05) is 0 Å². The number of piperidine rings is 1. The average Bonchev–Trinajstić information content (AvgIpc) is 2.12. The summed E-state index contributed by atoms with van der Waals surface area (Å²) in [6.07, 6.45) is 5.13. The molecular weight excluding hydrogens is 172 g/mol. The zero-order valence-electron chi connectivity index (χ0n) is 10.00. The quantitative estimate of drug-likeness (QED) is 0.750. The fourth-order valence-corrected chi connectivity index (χ4v) is 2.45. The Kier molecular flexibility index (Phi) is 4.90. The first-order chi connectivity index (χ1) is 6.63. The minimum absolute atomic E-state index is 0.417.